The van der Waals surface area contributed by atoms with Gasteiger partial charge in [-0.1, -0.05) is 13.3 Å². The Bertz CT molecular complexity index is 337. The number of nitrogens with zero attached hydrogens (tertiary/aromatic N) is 1. The lowest BCUT2D eigenvalue weighted by atomic mass is 10.3. The lowest BCUT2D eigenvalue weighted by Crippen LogP contribution is -2.41. The zero-order valence-electron chi connectivity index (χ0n) is 9.29. The van der Waals surface area contributed by atoms with Crippen molar-refractivity contribution in [3.05, 3.63) is 20.8 Å². The fourth-order valence-corrected chi connectivity index (χ4v) is 2.54. The minimum Gasteiger partial charge on any atom is -0.355 e. The summed E-state index contributed by atoms with van der Waals surface area (Å²) >= 11 is 5.10. The highest BCUT2D eigenvalue weighted by Gasteiger charge is 1.98. The molecule has 6 heteroatoms. The van der Waals surface area contributed by atoms with E-state index in [4.69, 9.17) is 5.84 Å². The van der Waals surface area contributed by atoms with E-state index >= 15 is 0 Å². The maximum atomic E-state index is 5.38. The van der Waals surface area contributed by atoms with E-state index in [1.165, 1.54) is 4.88 Å². The maximum absolute atomic E-state index is 5.38. The van der Waals surface area contributed by atoms with E-state index in [2.05, 4.69) is 44.7 Å². The number of halogens is 1. The number of nitrogens with two attached hydrogens (primary N) is 1. The van der Waals surface area contributed by atoms with Crippen LogP contribution in [0.2, 0.25) is 0 Å². The number of hydrogen-bond donors (Lipinski definition) is 3. The van der Waals surface area contributed by atoms with Crippen LogP contribution in [0.5, 0.6) is 0 Å². The monoisotopic (exact) mass is 304 g/mol. The number of hydrazine groups is 1. The molecule has 1 aromatic rings. The number of guanidine groups is 1. The van der Waals surface area contributed by atoms with Crippen molar-refractivity contribution >= 4 is 33.2 Å². The average Bonchev–Trinajstić information content (AvgIpc) is 2.69. The molecular formula is C10H17BrN4S. The topological polar surface area (TPSA) is 62.4 Å². The molecule has 1 rings (SSSR count). The Morgan fingerprint density at radius 2 is 2.38 bits per heavy atom. The lowest BCUT2D eigenvalue weighted by Gasteiger charge is -2.07. The molecule has 0 aliphatic rings. The summed E-state index contributed by atoms with van der Waals surface area (Å²) in [5, 5.41) is 3.15. The third kappa shape index (κ3) is 4.96. The first-order valence-corrected chi connectivity index (χ1v) is 6.86. The van der Waals surface area contributed by atoms with E-state index in [0.717, 1.165) is 23.2 Å². The van der Waals surface area contributed by atoms with Crippen molar-refractivity contribution in [2.75, 3.05) is 6.54 Å². The summed E-state index contributed by atoms with van der Waals surface area (Å²) in [7, 11) is 0. The van der Waals surface area contributed by atoms with Crippen LogP contribution in [0.1, 0.15) is 24.6 Å². The van der Waals surface area contributed by atoms with Gasteiger partial charge in [-0.15, -0.1) is 11.3 Å². The SMILES string of the molecule is CCCCNC(=NCc1ccc(Br)s1)NN. The highest BCUT2D eigenvalue weighted by atomic mass is 79.9. The van der Waals surface area contributed by atoms with E-state index in [9.17, 15) is 0 Å². The minimum absolute atomic E-state index is 0.648. The van der Waals surface area contributed by atoms with Crippen LogP contribution in [0.4, 0.5) is 0 Å². The quantitative estimate of drug-likeness (QED) is 0.257. The minimum atomic E-state index is 0.648. The van der Waals surface area contributed by atoms with Crippen LogP contribution in [0.15, 0.2) is 20.9 Å². The molecule has 4 N–H and O–H groups in total. The Morgan fingerprint density at radius 3 is 2.94 bits per heavy atom. The second kappa shape index (κ2) is 7.65. The van der Waals surface area contributed by atoms with Gasteiger partial charge in [0.25, 0.3) is 0 Å². The van der Waals surface area contributed by atoms with Crippen molar-refractivity contribution in [1.29, 1.82) is 0 Å². The number of thiophene rings is 1. The normalized spacial score (nSPS) is 11.6. The molecule has 4 nitrogen and oxygen atoms in total. The highest BCUT2D eigenvalue weighted by Crippen LogP contribution is 2.22. The zero-order chi connectivity index (χ0) is 11.8. The van der Waals surface area contributed by atoms with Gasteiger partial charge in [-0.2, -0.15) is 0 Å². The zero-order valence-corrected chi connectivity index (χ0v) is 11.7. The van der Waals surface area contributed by atoms with Gasteiger partial charge in [0.1, 0.15) is 0 Å². The summed E-state index contributed by atoms with van der Waals surface area (Å²) in [6.45, 7) is 3.69. The van der Waals surface area contributed by atoms with E-state index < -0.39 is 0 Å². The summed E-state index contributed by atoms with van der Waals surface area (Å²) in [5.74, 6) is 6.03. The van der Waals surface area contributed by atoms with Crippen molar-refractivity contribution in [1.82, 2.24) is 10.7 Å². The summed E-state index contributed by atoms with van der Waals surface area (Å²) in [6.07, 6.45) is 2.27. The van der Waals surface area contributed by atoms with Gasteiger partial charge in [-0.05, 0) is 34.5 Å². The third-order valence-corrected chi connectivity index (χ3v) is 3.59. The number of unbranched alkanes of at least 4 members (excludes halogenated alkanes) is 1. The van der Waals surface area contributed by atoms with Crippen LogP contribution in [0.25, 0.3) is 0 Å². The molecule has 0 radical (unpaired) electrons. The first-order valence-electron chi connectivity index (χ1n) is 5.25. The maximum Gasteiger partial charge on any atom is 0.206 e. The molecule has 0 aliphatic heterocycles. The standard InChI is InChI=1S/C10H17BrN4S/c1-2-3-6-13-10(15-12)14-7-8-4-5-9(11)16-8/h4-5H,2-3,6-7,12H2,1H3,(H2,13,14,15). The molecule has 0 fully saturated rings. The molecule has 0 bridgehead atoms. The highest BCUT2D eigenvalue weighted by molar-refractivity contribution is 9.11. The lowest BCUT2D eigenvalue weighted by molar-refractivity contribution is 0.732. The van der Waals surface area contributed by atoms with Crippen molar-refractivity contribution in [2.24, 2.45) is 10.8 Å². The Labute approximate surface area is 108 Å². The Balaban J connectivity index is 2.40. The summed E-state index contributed by atoms with van der Waals surface area (Å²) in [5.41, 5.74) is 2.57. The number of nitrogens with one attached hydrogen (secondary N) is 2. The largest absolute Gasteiger partial charge is 0.355 e. The van der Waals surface area contributed by atoms with Crippen molar-refractivity contribution in [3.8, 4) is 0 Å². The number of aliphatic imine (C=N–C) groups is 1. The van der Waals surface area contributed by atoms with Crippen molar-refractivity contribution in [2.45, 2.75) is 26.3 Å². The smallest absolute Gasteiger partial charge is 0.206 e. The van der Waals surface area contributed by atoms with Gasteiger partial charge in [0, 0.05) is 11.4 Å². The molecule has 0 aliphatic carbocycles. The van der Waals surface area contributed by atoms with Crippen LogP contribution >= 0.6 is 27.3 Å². The van der Waals surface area contributed by atoms with Gasteiger partial charge < -0.3 is 5.32 Å². The Hall–Kier alpha value is -0.590. The molecule has 0 saturated carbocycles. The summed E-state index contributed by atoms with van der Waals surface area (Å²) in [4.78, 5) is 5.56. The van der Waals surface area contributed by atoms with E-state index in [1.54, 1.807) is 11.3 Å². The molecule has 0 aromatic carbocycles. The van der Waals surface area contributed by atoms with Crippen molar-refractivity contribution < 1.29 is 0 Å². The first-order chi connectivity index (χ1) is 7.76. The van der Waals surface area contributed by atoms with Gasteiger partial charge in [-0.3, -0.25) is 5.43 Å². The molecule has 16 heavy (non-hydrogen) atoms. The molecule has 1 heterocycles. The second-order valence-corrected chi connectivity index (χ2v) is 5.84. The van der Waals surface area contributed by atoms with Crippen LogP contribution in [0.3, 0.4) is 0 Å². The van der Waals surface area contributed by atoms with E-state index in [-0.39, 0.29) is 0 Å². The molecular weight excluding hydrogens is 288 g/mol. The predicted octanol–water partition coefficient (Wildman–Crippen LogP) is 2.22. The molecule has 0 atom stereocenters. The van der Waals surface area contributed by atoms with Crippen LogP contribution < -0.4 is 16.6 Å². The summed E-state index contributed by atoms with van der Waals surface area (Å²) in [6, 6.07) is 4.08. The van der Waals surface area contributed by atoms with Gasteiger partial charge in [-0.25, -0.2) is 10.8 Å². The van der Waals surface area contributed by atoms with E-state index in [1.807, 2.05) is 6.07 Å². The Kier molecular flexibility index (Phi) is 6.44. The fraction of sp³-hybridized carbons (Fsp3) is 0.500. The number of hydrogen-bond acceptors (Lipinski definition) is 3. The van der Waals surface area contributed by atoms with Crippen LogP contribution in [-0.2, 0) is 6.54 Å². The first kappa shape index (κ1) is 13.5. The third-order valence-electron chi connectivity index (χ3n) is 1.98. The fourth-order valence-electron chi connectivity index (χ4n) is 1.13. The molecule has 90 valence electrons. The van der Waals surface area contributed by atoms with Gasteiger partial charge in [0.2, 0.25) is 5.96 Å². The second-order valence-electron chi connectivity index (χ2n) is 3.30. The Morgan fingerprint density at radius 1 is 1.56 bits per heavy atom. The molecule has 0 saturated heterocycles. The van der Waals surface area contributed by atoms with Gasteiger partial charge in [0.05, 0.1) is 10.3 Å². The molecule has 1 aromatic heterocycles. The van der Waals surface area contributed by atoms with Gasteiger partial charge >= 0.3 is 0 Å². The van der Waals surface area contributed by atoms with Gasteiger partial charge in [0.15, 0.2) is 0 Å². The van der Waals surface area contributed by atoms with Crippen LogP contribution in [-0.4, -0.2) is 12.5 Å². The van der Waals surface area contributed by atoms with Crippen molar-refractivity contribution in [3.63, 3.8) is 0 Å². The van der Waals surface area contributed by atoms with E-state index in [0.29, 0.717) is 12.5 Å². The molecule has 0 spiro atoms. The molecule has 0 unspecified atom stereocenters. The molecule has 0 amide bonds. The summed E-state index contributed by atoms with van der Waals surface area (Å²) < 4.78 is 1.12. The average molecular weight is 305 g/mol. The predicted molar refractivity (Wildman–Crippen MR) is 73.4 cm³/mol. The number of rotatable bonds is 5. The van der Waals surface area contributed by atoms with Crippen LogP contribution in [0, 0.1) is 0 Å².